The van der Waals surface area contributed by atoms with E-state index in [9.17, 15) is 14.9 Å². The summed E-state index contributed by atoms with van der Waals surface area (Å²) in [5, 5.41) is 10.2. The van der Waals surface area contributed by atoms with Gasteiger partial charge in [0.15, 0.2) is 0 Å². The summed E-state index contributed by atoms with van der Waals surface area (Å²) < 4.78 is 0. The van der Waals surface area contributed by atoms with E-state index >= 15 is 0 Å². The number of piperazine rings is 1. The second-order valence-corrected chi connectivity index (χ2v) is 10.3. The Balaban J connectivity index is 1.34. The highest BCUT2D eigenvalue weighted by molar-refractivity contribution is 5.93. The Morgan fingerprint density at radius 1 is 1.03 bits per heavy atom. The lowest BCUT2D eigenvalue weighted by atomic mass is 9.92. The minimum atomic E-state index is -0.297. The maximum atomic E-state index is 12.9. The van der Waals surface area contributed by atoms with E-state index < -0.39 is 0 Å². The molecule has 1 aromatic rings. The molecule has 0 spiro atoms. The first-order valence-corrected chi connectivity index (χ1v) is 12.4. The molecule has 2 aliphatic heterocycles. The molecule has 2 amide bonds. The minimum absolute atomic E-state index is 0.226. The number of anilines is 1. The normalized spacial score (nSPS) is 24.7. The van der Waals surface area contributed by atoms with E-state index in [-0.39, 0.29) is 17.9 Å². The van der Waals surface area contributed by atoms with Crippen LogP contribution in [-0.2, 0) is 22.6 Å². The van der Waals surface area contributed by atoms with Gasteiger partial charge in [-0.1, -0.05) is 0 Å². The molecule has 0 unspecified atom stereocenters. The number of nitrogens with zero attached hydrogens (tertiary/aromatic N) is 5. The maximum absolute atomic E-state index is 12.9. The van der Waals surface area contributed by atoms with Crippen LogP contribution in [0.2, 0.25) is 0 Å². The van der Waals surface area contributed by atoms with Crippen LogP contribution in [-0.4, -0.2) is 58.8 Å². The fraction of sp³-hybridized carbons (Fsp3) is 0.615. The molecule has 1 aromatic heterocycles. The average Bonchev–Trinajstić information content (AvgIpc) is 3.70. The zero-order valence-corrected chi connectivity index (χ0v) is 18.9. The predicted molar refractivity (Wildman–Crippen MR) is 122 cm³/mol. The van der Waals surface area contributed by atoms with Crippen LogP contribution in [0.5, 0.6) is 0 Å². The lowest BCUT2D eigenvalue weighted by Crippen LogP contribution is -2.57. The molecule has 0 N–H and O–H groups in total. The number of rotatable bonds is 4. The number of terminal acetylenes is 1. The molecule has 6 rings (SSSR count). The van der Waals surface area contributed by atoms with Crippen LogP contribution in [0.25, 0.3) is 0 Å². The van der Waals surface area contributed by atoms with E-state index in [1.807, 2.05) is 0 Å². The summed E-state index contributed by atoms with van der Waals surface area (Å²) in [6, 6.07) is 2.69. The Kier molecular flexibility index (Phi) is 4.83. The maximum Gasteiger partial charge on any atom is 0.298 e. The molecule has 3 aliphatic carbocycles. The van der Waals surface area contributed by atoms with Crippen molar-refractivity contribution in [2.75, 3.05) is 31.1 Å². The molecule has 3 heterocycles. The van der Waals surface area contributed by atoms with E-state index in [0.717, 1.165) is 54.9 Å². The summed E-state index contributed by atoms with van der Waals surface area (Å²) in [6.45, 7) is 3.17. The Morgan fingerprint density at radius 2 is 1.82 bits per heavy atom. The molecular weight excluding hydrogens is 414 g/mol. The largest absolute Gasteiger partial charge is 0.352 e. The van der Waals surface area contributed by atoms with Crippen molar-refractivity contribution in [1.82, 2.24) is 14.8 Å². The van der Waals surface area contributed by atoms with Gasteiger partial charge in [0.2, 0.25) is 5.91 Å². The molecule has 7 nitrogen and oxygen atoms in total. The molecule has 3 saturated carbocycles. The zero-order valence-electron chi connectivity index (χ0n) is 18.9. The van der Waals surface area contributed by atoms with Crippen LogP contribution in [0.1, 0.15) is 66.8 Å². The summed E-state index contributed by atoms with van der Waals surface area (Å²) in [4.78, 5) is 36.3. The molecule has 0 radical (unpaired) electrons. The van der Waals surface area contributed by atoms with Crippen LogP contribution < -0.4 is 4.90 Å². The van der Waals surface area contributed by atoms with Crippen molar-refractivity contribution < 1.29 is 9.59 Å². The third-order valence-electron chi connectivity index (χ3n) is 7.99. The van der Waals surface area contributed by atoms with Crippen LogP contribution in [0.3, 0.4) is 0 Å². The van der Waals surface area contributed by atoms with Crippen molar-refractivity contribution in [3.05, 3.63) is 22.4 Å². The van der Waals surface area contributed by atoms with Gasteiger partial charge in [-0.2, -0.15) is 5.26 Å². The number of pyridine rings is 1. The van der Waals surface area contributed by atoms with Gasteiger partial charge >= 0.3 is 0 Å². The zero-order chi connectivity index (χ0) is 22.7. The molecule has 0 bridgehead atoms. The second-order valence-electron chi connectivity index (χ2n) is 10.3. The number of nitriles is 1. The fourth-order valence-corrected chi connectivity index (χ4v) is 5.68. The Labute approximate surface area is 194 Å². The third-order valence-corrected chi connectivity index (χ3v) is 7.99. The first-order chi connectivity index (χ1) is 16.1. The molecule has 1 saturated heterocycles. The van der Waals surface area contributed by atoms with Crippen LogP contribution in [0, 0.1) is 35.5 Å². The summed E-state index contributed by atoms with van der Waals surface area (Å²) in [7, 11) is 0. The SMILES string of the molecule is C#CC(=O)N1CCc2c(C#N)c(N3CCN(C(=O)C4CC4)[C@H](C4CC4)C3)nc(C3CC3)c2C1. The quantitative estimate of drug-likeness (QED) is 0.667. The van der Waals surface area contributed by atoms with Crippen molar-refractivity contribution in [2.24, 2.45) is 11.8 Å². The van der Waals surface area contributed by atoms with Gasteiger partial charge < -0.3 is 14.7 Å². The Morgan fingerprint density at radius 3 is 2.45 bits per heavy atom. The second kappa shape index (κ2) is 7.76. The van der Waals surface area contributed by atoms with E-state index in [1.165, 1.54) is 12.8 Å². The molecule has 1 atom stereocenters. The summed E-state index contributed by atoms with van der Waals surface area (Å²) in [5.41, 5.74) is 3.78. The number of aromatic nitrogens is 1. The molecule has 4 fully saturated rings. The Hall–Kier alpha value is -3.06. The molecular formula is C26H29N5O2. The van der Waals surface area contributed by atoms with Gasteiger partial charge in [0.1, 0.15) is 11.9 Å². The highest BCUT2D eigenvalue weighted by Crippen LogP contribution is 2.45. The van der Waals surface area contributed by atoms with Crippen LogP contribution in [0.15, 0.2) is 0 Å². The number of amides is 2. The molecule has 33 heavy (non-hydrogen) atoms. The number of carbonyl (C=O) groups is 2. The highest BCUT2D eigenvalue weighted by atomic mass is 16.2. The first kappa shape index (κ1) is 20.5. The Bertz CT molecular complexity index is 1100. The monoisotopic (exact) mass is 443 g/mol. The lowest BCUT2D eigenvalue weighted by molar-refractivity contribution is -0.135. The van der Waals surface area contributed by atoms with Gasteiger partial charge in [0.25, 0.3) is 5.91 Å². The highest BCUT2D eigenvalue weighted by Gasteiger charge is 2.45. The van der Waals surface area contributed by atoms with Crippen molar-refractivity contribution in [3.8, 4) is 18.4 Å². The van der Waals surface area contributed by atoms with E-state index in [4.69, 9.17) is 11.4 Å². The smallest absolute Gasteiger partial charge is 0.298 e. The fourth-order valence-electron chi connectivity index (χ4n) is 5.68. The van der Waals surface area contributed by atoms with Gasteiger partial charge in [-0.05, 0) is 67.9 Å². The first-order valence-electron chi connectivity index (χ1n) is 12.4. The third kappa shape index (κ3) is 3.64. The molecule has 0 aromatic carbocycles. The number of hydrogen-bond donors (Lipinski definition) is 0. The molecule has 7 heteroatoms. The van der Waals surface area contributed by atoms with Gasteiger partial charge in [0, 0.05) is 44.6 Å². The standard InChI is InChI=1S/C26H29N5O2/c1-2-23(32)29-10-9-19-20(13-27)25(28-24(17-5-6-17)21(19)14-29)30-11-12-31(26(33)18-7-8-18)22(15-30)16-3-4-16/h1,16-18,22H,3-12,14-15H2/t22-/m0/s1. The van der Waals surface area contributed by atoms with E-state index in [0.29, 0.717) is 55.9 Å². The summed E-state index contributed by atoms with van der Waals surface area (Å²) >= 11 is 0. The van der Waals surface area contributed by atoms with Crippen LogP contribution >= 0.6 is 0 Å². The average molecular weight is 444 g/mol. The van der Waals surface area contributed by atoms with E-state index in [1.54, 1.807) is 4.90 Å². The van der Waals surface area contributed by atoms with Crippen molar-refractivity contribution in [1.29, 1.82) is 5.26 Å². The molecule has 5 aliphatic rings. The summed E-state index contributed by atoms with van der Waals surface area (Å²) in [5.74, 6) is 4.28. The van der Waals surface area contributed by atoms with Gasteiger partial charge in [-0.25, -0.2) is 4.98 Å². The summed E-state index contributed by atoms with van der Waals surface area (Å²) in [6.07, 6.45) is 12.6. The number of fused-ring (bicyclic) bond motifs is 1. The number of carbonyl (C=O) groups excluding carboxylic acids is 2. The van der Waals surface area contributed by atoms with Gasteiger partial charge in [-0.15, -0.1) is 6.42 Å². The topological polar surface area (TPSA) is 80.5 Å². The lowest BCUT2D eigenvalue weighted by Gasteiger charge is -2.43. The predicted octanol–water partition coefficient (Wildman–Crippen LogP) is 2.19. The van der Waals surface area contributed by atoms with Crippen molar-refractivity contribution in [2.45, 2.75) is 63.5 Å². The number of hydrogen-bond acceptors (Lipinski definition) is 5. The molecule has 170 valence electrons. The van der Waals surface area contributed by atoms with Gasteiger partial charge in [0.05, 0.1) is 17.3 Å². The van der Waals surface area contributed by atoms with Crippen LogP contribution in [0.4, 0.5) is 5.82 Å². The van der Waals surface area contributed by atoms with Crippen molar-refractivity contribution in [3.63, 3.8) is 0 Å². The van der Waals surface area contributed by atoms with E-state index in [2.05, 4.69) is 21.8 Å². The van der Waals surface area contributed by atoms with Gasteiger partial charge in [-0.3, -0.25) is 9.59 Å². The minimum Gasteiger partial charge on any atom is -0.352 e. The van der Waals surface area contributed by atoms with Crippen molar-refractivity contribution >= 4 is 17.6 Å².